The summed E-state index contributed by atoms with van der Waals surface area (Å²) in [5.41, 5.74) is 1.28. The third-order valence-electron chi connectivity index (χ3n) is 3.41. The van der Waals surface area contributed by atoms with Crippen LogP contribution in [0.1, 0.15) is 52.9 Å². The van der Waals surface area contributed by atoms with E-state index in [2.05, 4.69) is 25.8 Å². The standard InChI is InChI=1S/C15H33NO3Si/c1-14(2)13-15(3)16-11-9-7-8-10-12-20(17-4,18-5)19-6/h14H,7-13H2,1-6H3. The predicted molar refractivity (Wildman–Crippen MR) is 87.5 cm³/mol. The zero-order valence-corrected chi connectivity index (χ0v) is 15.2. The minimum atomic E-state index is -2.35. The molecular formula is C15H33NO3Si. The molecule has 0 aromatic carbocycles. The molecule has 0 saturated heterocycles. The Morgan fingerprint density at radius 2 is 1.50 bits per heavy atom. The molecule has 20 heavy (non-hydrogen) atoms. The van der Waals surface area contributed by atoms with E-state index in [0.29, 0.717) is 5.92 Å². The monoisotopic (exact) mass is 303 g/mol. The van der Waals surface area contributed by atoms with Crippen LogP contribution in [0.25, 0.3) is 0 Å². The number of aliphatic imine (C=N–C) groups is 1. The van der Waals surface area contributed by atoms with Crippen molar-refractivity contribution in [1.82, 2.24) is 0 Å². The van der Waals surface area contributed by atoms with Crippen LogP contribution >= 0.6 is 0 Å². The molecule has 0 aromatic heterocycles. The molecule has 0 aliphatic heterocycles. The predicted octanol–water partition coefficient (Wildman–Crippen LogP) is 3.93. The first kappa shape index (κ1) is 19.8. The summed E-state index contributed by atoms with van der Waals surface area (Å²) in [6, 6.07) is 0.895. The molecule has 0 aliphatic carbocycles. The average Bonchev–Trinajstić information content (AvgIpc) is 2.42. The second-order valence-electron chi connectivity index (χ2n) is 5.67. The molecule has 0 unspecified atom stereocenters. The smallest absolute Gasteiger partial charge is 0.377 e. The summed E-state index contributed by atoms with van der Waals surface area (Å²) in [5, 5.41) is 0. The van der Waals surface area contributed by atoms with Crippen molar-refractivity contribution >= 4 is 14.5 Å². The Morgan fingerprint density at radius 3 is 2.00 bits per heavy atom. The average molecular weight is 304 g/mol. The second-order valence-corrected chi connectivity index (χ2v) is 8.77. The lowest BCUT2D eigenvalue weighted by Gasteiger charge is -2.24. The van der Waals surface area contributed by atoms with E-state index in [1.54, 1.807) is 21.3 Å². The van der Waals surface area contributed by atoms with Gasteiger partial charge in [-0.15, -0.1) is 0 Å². The Balaban J connectivity index is 3.67. The van der Waals surface area contributed by atoms with Crippen LogP contribution in [0.4, 0.5) is 0 Å². The molecule has 0 bridgehead atoms. The maximum atomic E-state index is 5.40. The highest BCUT2D eigenvalue weighted by atomic mass is 28.4. The fourth-order valence-corrected chi connectivity index (χ4v) is 4.08. The van der Waals surface area contributed by atoms with Crippen LogP contribution < -0.4 is 0 Å². The van der Waals surface area contributed by atoms with Gasteiger partial charge in [-0.05, 0) is 32.1 Å². The van der Waals surface area contributed by atoms with E-state index < -0.39 is 8.80 Å². The number of unbranched alkanes of at least 4 members (excludes halogenated alkanes) is 3. The molecule has 0 radical (unpaired) electrons. The van der Waals surface area contributed by atoms with Crippen LogP contribution in [0.2, 0.25) is 6.04 Å². The summed E-state index contributed by atoms with van der Waals surface area (Å²) in [7, 11) is 2.67. The first-order valence-electron chi connectivity index (χ1n) is 7.65. The third kappa shape index (κ3) is 8.84. The van der Waals surface area contributed by atoms with Crippen LogP contribution in [0.15, 0.2) is 4.99 Å². The van der Waals surface area contributed by atoms with Crippen molar-refractivity contribution in [3.8, 4) is 0 Å². The van der Waals surface area contributed by atoms with Crippen molar-refractivity contribution in [3.63, 3.8) is 0 Å². The maximum absolute atomic E-state index is 5.40. The van der Waals surface area contributed by atoms with Gasteiger partial charge in [-0.3, -0.25) is 4.99 Å². The molecule has 4 nitrogen and oxygen atoms in total. The minimum Gasteiger partial charge on any atom is -0.377 e. The van der Waals surface area contributed by atoms with Crippen molar-refractivity contribution in [1.29, 1.82) is 0 Å². The normalized spacial score (nSPS) is 13.2. The molecule has 0 heterocycles. The first-order valence-corrected chi connectivity index (χ1v) is 9.58. The second kappa shape index (κ2) is 11.4. The zero-order chi connectivity index (χ0) is 15.4. The van der Waals surface area contributed by atoms with Gasteiger partial charge in [0.15, 0.2) is 0 Å². The molecule has 0 rings (SSSR count). The van der Waals surface area contributed by atoms with Gasteiger partial charge in [-0.1, -0.05) is 26.7 Å². The Morgan fingerprint density at radius 1 is 0.950 bits per heavy atom. The van der Waals surface area contributed by atoms with Gasteiger partial charge in [0.05, 0.1) is 0 Å². The van der Waals surface area contributed by atoms with Crippen LogP contribution in [-0.4, -0.2) is 42.4 Å². The molecule has 0 amide bonds. The van der Waals surface area contributed by atoms with Crippen molar-refractivity contribution < 1.29 is 13.3 Å². The van der Waals surface area contributed by atoms with Crippen LogP contribution in [0.5, 0.6) is 0 Å². The van der Waals surface area contributed by atoms with E-state index in [1.807, 2.05) is 0 Å². The van der Waals surface area contributed by atoms with Crippen molar-refractivity contribution in [2.75, 3.05) is 27.9 Å². The fraction of sp³-hybridized carbons (Fsp3) is 0.933. The number of hydrogen-bond acceptors (Lipinski definition) is 4. The summed E-state index contributed by atoms with van der Waals surface area (Å²) in [4.78, 5) is 4.61. The Kier molecular flexibility index (Phi) is 11.3. The topological polar surface area (TPSA) is 40.0 Å². The first-order chi connectivity index (χ1) is 9.49. The molecular weight excluding hydrogens is 270 g/mol. The van der Waals surface area contributed by atoms with Gasteiger partial charge in [-0.2, -0.15) is 0 Å². The van der Waals surface area contributed by atoms with Crippen molar-refractivity contribution in [2.24, 2.45) is 10.9 Å². The fourth-order valence-electron chi connectivity index (χ4n) is 2.29. The minimum absolute atomic E-state index is 0.703. The van der Waals surface area contributed by atoms with Crippen molar-refractivity contribution in [3.05, 3.63) is 0 Å². The summed E-state index contributed by atoms with van der Waals surface area (Å²) in [6.45, 7) is 7.56. The highest BCUT2D eigenvalue weighted by Gasteiger charge is 2.36. The molecule has 0 aliphatic rings. The molecule has 0 spiro atoms. The number of rotatable bonds is 12. The van der Waals surface area contributed by atoms with Gasteiger partial charge in [0.1, 0.15) is 0 Å². The highest BCUT2D eigenvalue weighted by Crippen LogP contribution is 2.17. The SMILES string of the molecule is CO[Si](CCCCCCN=C(C)CC(C)C)(OC)OC. The van der Waals surface area contributed by atoms with E-state index in [1.165, 1.54) is 18.6 Å². The van der Waals surface area contributed by atoms with Crippen LogP contribution in [0.3, 0.4) is 0 Å². The summed E-state index contributed by atoms with van der Waals surface area (Å²) >= 11 is 0. The maximum Gasteiger partial charge on any atom is 0.500 e. The molecule has 0 fully saturated rings. The number of hydrogen-bond donors (Lipinski definition) is 0. The molecule has 120 valence electrons. The molecule has 0 N–H and O–H groups in total. The highest BCUT2D eigenvalue weighted by molar-refractivity contribution is 6.60. The number of nitrogens with zero attached hydrogens (tertiary/aromatic N) is 1. The Labute approximate surface area is 126 Å². The van der Waals surface area contributed by atoms with Gasteiger partial charge >= 0.3 is 8.80 Å². The zero-order valence-electron chi connectivity index (χ0n) is 14.2. The lowest BCUT2D eigenvalue weighted by Crippen LogP contribution is -2.42. The van der Waals surface area contributed by atoms with Gasteiger partial charge in [0, 0.05) is 39.6 Å². The van der Waals surface area contributed by atoms with Gasteiger partial charge in [0.25, 0.3) is 0 Å². The van der Waals surface area contributed by atoms with E-state index >= 15 is 0 Å². The molecule has 5 heteroatoms. The summed E-state index contributed by atoms with van der Waals surface area (Å²) in [5.74, 6) is 0.703. The van der Waals surface area contributed by atoms with Crippen LogP contribution in [-0.2, 0) is 13.3 Å². The quantitative estimate of drug-likeness (QED) is 0.311. The van der Waals surface area contributed by atoms with Crippen molar-refractivity contribution in [2.45, 2.75) is 58.9 Å². The van der Waals surface area contributed by atoms with Gasteiger partial charge in [0.2, 0.25) is 0 Å². The largest absolute Gasteiger partial charge is 0.500 e. The molecule has 0 saturated carbocycles. The van der Waals surface area contributed by atoms with E-state index in [4.69, 9.17) is 13.3 Å². The lowest BCUT2D eigenvalue weighted by atomic mass is 10.1. The van der Waals surface area contributed by atoms with Gasteiger partial charge < -0.3 is 13.3 Å². The van der Waals surface area contributed by atoms with Crippen LogP contribution in [0, 0.1) is 5.92 Å². The van der Waals surface area contributed by atoms with E-state index in [-0.39, 0.29) is 0 Å². The van der Waals surface area contributed by atoms with E-state index in [9.17, 15) is 0 Å². The molecule has 0 atom stereocenters. The third-order valence-corrected chi connectivity index (χ3v) is 6.24. The van der Waals surface area contributed by atoms with E-state index in [0.717, 1.165) is 31.9 Å². The Hall–Kier alpha value is -0.233. The lowest BCUT2D eigenvalue weighted by molar-refractivity contribution is 0.122. The van der Waals surface area contributed by atoms with Gasteiger partial charge in [-0.25, -0.2) is 0 Å². The molecule has 0 aromatic rings. The Bertz CT molecular complexity index is 258. The summed E-state index contributed by atoms with van der Waals surface area (Å²) in [6.07, 6.45) is 5.76. The summed E-state index contributed by atoms with van der Waals surface area (Å²) < 4.78 is 16.2.